The second kappa shape index (κ2) is 6.69. The highest BCUT2D eigenvalue weighted by Crippen LogP contribution is 2.09. The van der Waals surface area contributed by atoms with Gasteiger partial charge in [-0.15, -0.1) is 0 Å². The number of hydrogen-bond donors (Lipinski definition) is 1. The third kappa shape index (κ3) is 4.42. The van der Waals surface area contributed by atoms with Crippen LogP contribution in [0.3, 0.4) is 0 Å². The molecule has 0 saturated carbocycles. The first-order chi connectivity index (χ1) is 8.04. The molecule has 1 aromatic carbocycles. The lowest BCUT2D eigenvalue weighted by molar-refractivity contribution is 0.112. The minimum absolute atomic E-state index is 0.383. The number of nitrogens with zero attached hydrogens (tertiary/aromatic N) is 1. The predicted molar refractivity (Wildman–Crippen MR) is 75.1 cm³/mol. The molecule has 1 unspecified atom stereocenters. The summed E-state index contributed by atoms with van der Waals surface area (Å²) in [4.78, 5) is 2.68. The quantitative estimate of drug-likeness (QED) is 0.783. The summed E-state index contributed by atoms with van der Waals surface area (Å²) in [6.45, 7) is 3.73. The van der Waals surface area contributed by atoms with E-state index in [1.54, 1.807) is 7.11 Å². The fourth-order valence-electron chi connectivity index (χ4n) is 1.64. The van der Waals surface area contributed by atoms with Gasteiger partial charge in [-0.25, -0.2) is 0 Å². The Morgan fingerprint density at radius 2 is 2.24 bits per heavy atom. The maximum atomic E-state index is 5.62. The Balaban J connectivity index is 2.68. The van der Waals surface area contributed by atoms with Crippen molar-refractivity contribution in [3.05, 3.63) is 35.4 Å². The second-order valence-electron chi connectivity index (χ2n) is 4.28. The van der Waals surface area contributed by atoms with Crippen LogP contribution in [0.25, 0.3) is 0 Å². The van der Waals surface area contributed by atoms with Gasteiger partial charge in [0.25, 0.3) is 0 Å². The van der Waals surface area contributed by atoms with Gasteiger partial charge in [0.2, 0.25) is 0 Å². The van der Waals surface area contributed by atoms with E-state index in [4.69, 9.17) is 22.7 Å². The molecule has 0 spiro atoms. The molecule has 0 aromatic heterocycles. The predicted octanol–water partition coefficient (Wildman–Crippen LogP) is 1.79. The maximum absolute atomic E-state index is 5.62. The van der Waals surface area contributed by atoms with Crippen molar-refractivity contribution in [3.63, 3.8) is 0 Å². The van der Waals surface area contributed by atoms with E-state index in [9.17, 15) is 0 Å². The monoisotopic (exact) mass is 252 g/mol. The summed E-state index contributed by atoms with van der Waals surface area (Å²) in [5, 5.41) is 0. The summed E-state index contributed by atoms with van der Waals surface area (Å²) >= 11 is 4.97. The zero-order valence-corrected chi connectivity index (χ0v) is 11.5. The van der Waals surface area contributed by atoms with Crippen molar-refractivity contribution in [2.45, 2.75) is 19.5 Å². The van der Waals surface area contributed by atoms with E-state index in [1.165, 1.54) is 5.56 Å². The van der Waals surface area contributed by atoms with Crippen LogP contribution in [0.15, 0.2) is 24.3 Å². The van der Waals surface area contributed by atoms with Crippen LogP contribution in [0, 0.1) is 0 Å². The summed E-state index contributed by atoms with van der Waals surface area (Å²) in [5.74, 6) is 0. The van der Waals surface area contributed by atoms with Gasteiger partial charge in [0.05, 0.1) is 6.61 Å². The average molecular weight is 252 g/mol. The van der Waals surface area contributed by atoms with E-state index in [2.05, 4.69) is 24.9 Å². The van der Waals surface area contributed by atoms with Crippen molar-refractivity contribution in [2.24, 2.45) is 5.73 Å². The van der Waals surface area contributed by atoms with Crippen LogP contribution in [-0.2, 0) is 11.3 Å². The van der Waals surface area contributed by atoms with E-state index in [1.807, 2.05) is 18.2 Å². The highest BCUT2D eigenvalue weighted by atomic mass is 32.1. The Hall–Kier alpha value is -0.970. The summed E-state index contributed by atoms with van der Waals surface area (Å²) in [5.41, 5.74) is 7.75. The SMILES string of the molecule is COCC(C)N(C)Cc1cccc(C(N)=S)c1. The number of hydrogen-bond acceptors (Lipinski definition) is 3. The van der Waals surface area contributed by atoms with Crippen molar-refractivity contribution in [2.75, 3.05) is 20.8 Å². The molecule has 3 nitrogen and oxygen atoms in total. The number of thiocarbonyl (C=S) groups is 1. The molecule has 0 aliphatic carbocycles. The zero-order chi connectivity index (χ0) is 12.8. The molecule has 1 atom stereocenters. The average Bonchev–Trinajstić information content (AvgIpc) is 2.29. The summed E-state index contributed by atoms with van der Waals surface area (Å²) < 4.78 is 5.14. The van der Waals surface area contributed by atoms with E-state index >= 15 is 0 Å². The zero-order valence-electron chi connectivity index (χ0n) is 10.6. The van der Waals surface area contributed by atoms with Crippen LogP contribution in [0.5, 0.6) is 0 Å². The van der Waals surface area contributed by atoms with E-state index in [0.717, 1.165) is 18.7 Å². The Bertz CT molecular complexity index is 381. The lowest BCUT2D eigenvalue weighted by Gasteiger charge is -2.24. The molecule has 2 N–H and O–H groups in total. The molecule has 0 heterocycles. The van der Waals surface area contributed by atoms with Crippen LogP contribution in [0.2, 0.25) is 0 Å². The number of ether oxygens (including phenoxy) is 1. The number of benzene rings is 1. The summed E-state index contributed by atoms with van der Waals surface area (Å²) in [6.07, 6.45) is 0. The number of likely N-dealkylation sites (N-methyl/N-ethyl adjacent to an activating group) is 1. The normalized spacial score (nSPS) is 12.7. The minimum atomic E-state index is 0.383. The molecule has 94 valence electrons. The Morgan fingerprint density at radius 3 is 2.82 bits per heavy atom. The first kappa shape index (κ1) is 14.1. The van der Waals surface area contributed by atoms with Gasteiger partial charge in [0, 0.05) is 25.3 Å². The molecular formula is C13H20N2OS. The molecule has 0 amide bonds. The van der Waals surface area contributed by atoms with Crippen molar-refractivity contribution in [3.8, 4) is 0 Å². The molecule has 0 fully saturated rings. The number of rotatable bonds is 6. The molecular weight excluding hydrogens is 232 g/mol. The third-order valence-corrected chi connectivity index (χ3v) is 3.04. The molecule has 0 aliphatic heterocycles. The van der Waals surface area contributed by atoms with Crippen molar-refractivity contribution in [1.29, 1.82) is 0 Å². The topological polar surface area (TPSA) is 38.5 Å². The molecule has 4 heteroatoms. The molecule has 0 saturated heterocycles. The van der Waals surface area contributed by atoms with Gasteiger partial charge in [0.15, 0.2) is 0 Å². The lowest BCUT2D eigenvalue weighted by atomic mass is 10.1. The second-order valence-corrected chi connectivity index (χ2v) is 4.72. The summed E-state index contributed by atoms with van der Waals surface area (Å²) in [7, 11) is 3.80. The first-order valence-corrected chi connectivity index (χ1v) is 6.03. The van der Waals surface area contributed by atoms with Crippen LogP contribution < -0.4 is 5.73 Å². The molecule has 0 radical (unpaired) electrons. The van der Waals surface area contributed by atoms with Gasteiger partial charge in [-0.05, 0) is 25.6 Å². The Morgan fingerprint density at radius 1 is 1.53 bits per heavy atom. The maximum Gasteiger partial charge on any atom is 0.103 e. The van der Waals surface area contributed by atoms with Gasteiger partial charge in [-0.3, -0.25) is 4.90 Å². The molecule has 0 aliphatic rings. The van der Waals surface area contributed by atoms with Gasteiger partial charge in [0.1, 0.15) is 4.99 Å². The van der Waals surface area contributed by atoms with Crippen LogP contribution >= 0.6 is 12.2 Å². The Labute approximate surface area is 109 Å². The van der Waals surface area contributed by atoms with Gasteiger partial charge in [-0.2, -0.15) is 0 Å². The van der Waals surface area contributed by atoms with Gasteiger partial charge >= 0.3 is 0 Å². The lowest BCUT2D eigenvalue weighted by Crippen LogP contribution is -2.32. The highest BCUT2D eigenvalue weighted by Gasteiger charge is 2.09. The first-order valence-electron chi connectivity index (χ1n) is 5.62. The van der Waals surface area contributed by atoms with Gasteiger partial charge in [-0.1, -0.05) is 30.4 Å². The molecule has 1 aromatic rings. The van der Waals surface area contributed by atoms with Crippen molar-refractivity contribution < 1.29 is 4.74 Å². The van der Waals surface area contributed by atoms with Crippen molar-refractivity contribution >= 4 is 17.2 Å². The fourth-order valence-corrected chi connectivity index (χ4v) is 1.76. The van der Waals surface area contributed by atoms with Gasteiger partial charge < -0.3 is 10.5 Å². The van der Waals surface area contributed by atoms with Crippen molar-refractivity contribution in [1.82, 2.24) is 4.90 Å². The standard InChI is InChI=1S/C13H20N2OS/c1-10(9-16-3)15(2)8-11-5-4-6-12(7-11)13(14)17/h4-7,10H,8-9H2,1-3H3,(H2,14,17). The molecule has 17 heavy (non-hydrogen) atoms. The van der Waals surface area contributed by atoms with Crippen LogP contribution in [0.4, 0.5) is 0 Å². The fraction of sp³-hybridized carbons (Fsp3) is 0.462. The minimum Gasteiger partial charge on any atom is -0.389 e. The summed E-state index contributed by atoms with van der Waals surface area (Å²) in [6, 6.07) is 8.42. The third-order valence-electron chi connectivity index (χ3n) is 2.80. The Kier molecular flexibility index (Phi) is 5.55. The number of methoxy groups -OCH3 is 1. The van der Waals surface area contributed by atoms with E-state index in [0.29, 0.717) is 11.0 Å². The smallest absolute Gasteiger partial charge is 0.103 e. The van der Waals surface area contributed by atoms with Crippen LogP contribution in [-0.4, -0.2) is 36.7 Å². The largest absolute Gasteiger partial charge is 0.389 e. The van der Waals surface area contributed by atoms with E-state index < -0.39 is 0 Å². The van der Waals surface area contributed by atoms with E-state index in [-0.39, 0.29) is 0 Å². The van der Waals surface area contributed by atoms with Crippen LogP contribution in [0.1, 0.15) is 18.1 Å². The molecule has 1 rings (SSSR count). The molecule has 0 bridgehead atoms. The highest BCUT2D eigenvalue weighted by molar-refractivity contribution is 7.80. The number of nitrogens with two attached hydrogens (primary N) is 1.